The van der Waals surface area contributed by atoms with Gasteiger partial charge in [0, 0.05) is 12.4 Å². The Morgan fingerprint density at radius 1 is 1.58 bits per heavy atom. The van der Waals surface area contributed by atoms with Gasteiger partial charge in [-0.25, -0.2) is 14.8 Å². The molecule has 0 aliphatic heterocycles. The maximum Gasteiger partial charge on any atom is 0.360 e. The summed E-state index contributed by atoms with van der Waals surface area (Å²) in [6.45, 7) is 2.01. The van der Waals surface area contributed by atoms with Crippen molar-refractivity contribution in [2.24, 2.45) is 0 Å². The molecule has 5 nitrogen and oxygen atoms in total. The Kier molecular flexibility index (Phi) is 2.57. The number of carbonyl (C=O) groups is 1. The van der Waals surface area contributed by atoms with Crippen molar-refractivity contribution in [1.29, 1.82) is 0 Å². The van der Waals surface area contributed by atoms with E-state index in [1.54, 1.807) is 6.92 Å². The van der Waals surface area contributed by atoms with E-state index >= 15 is 0 Å². The molecule has 0 aliphatic carbocycles. The van der Waals surface area contributed by atoms with E-state index in [0.717, 1.165) is 0 Å². The predicted molar refractivity (Wildman–Crippen MR) is 42.4 cm³/mol. The lowest BCUT2D eigenvalue weighted by molar-refractivity contribution is 0.0520. The first kappa shape index (κ1) is 8.45. The second-order valence-electron chi connectivity index (χ2n) is 2.01. The van der Waals surface area contributed by atoms with Crippen molar-refractivity contribution in [3.05, 3.63) is 18.1 Å². The van der Waals surface area contributed by atoms with Gasteiger partial charge in [0.15, 0.2) is 11.5 Å². The summed E-state index contributed by atoms with van der Waals surface area (Å²) in [4.78, 5) is 18.5. The number of nitrogen functional groups attached to an aromatic ring is 1. The largest absolute Gasteiger partial charge is 0.461 e. The summed E-state index contributed by atoms with van der Waals surface area (Å²) in [5, 5.41) is 0. The van der Waals surface area contributed by atoms with Crippen LogP contribution in [-0.4, -0.2) is 22.5 Å². The number of anilines is 1. The summed E-state index contributed by atoms with van der Waals surface area (Å²) in [6, 6.07) is 0. The molecule has 0 aliphatic rings. The van der Waals surface area contributed by atoms with Crippen molar-refractivity contribution < 1.29 is 9.53 Å². The van der Waals surface area contributed by atoms with Crippen molar-refractivity contribution in [3.8, 4) is 0 Å². The molecule has 64 valence electrons. The van der Waals surface area contributed by atoms with Crippen molar-refractivity contribution in [3.63, 3.8) is 0 Å². The van der Waals surface area contributed by atoms with E-state index in [-0.39, 0.29) is 11.5 Å². The number of nitrogens with two attached hydrogens (primary N) is 1. The van der Waals surface area contributed by atoms with E-state index in [4.69, 9.17) is 5.73 Å². The average Bonchev–Trinajstić information content (AvgIpc) is 2.05. The highest BCUT2D eigenvalue weighted by atomic mass is 16.5. The molecular formula is C7H9N3O2. The van der Waals surface area contributed by atoms with Crippen LogP contribution in [0.15, 0.2) is 12.4 Å². The standard InChI is InChI=1S/C7H9N3O2/c1-2-12-7(11)5-6(8)10-4-3-9-5/h3-4H,2H2,1H3,(H2,8,10). The molecule has 0 atom stereocenters. The summed E-state index contributed by atoms with van der Waals surface area (Å²) in [5.41, 5.74) is 5.45. The number of esters is 1. The topological polar surface area (TPSA) is 78.1 Å². The van der Waals surface area contributed by atoms with Crippen molar-refractivity contribution in [2.75, 3.05) is 12.3 Å². The Bertz CT molecular complexity index is 288. The lowest BCUT2D eigenvalue weighted by atomic mass is 10.4. The molecule has 0 spiro atoms. The minimum absolute atomic E-state index is 0.0688. The van der Waals surface area contributed by atoms with Crippen LogP contribution in [0.5, 0.6) is 0 Å². The molecule has 1 aromatic heterocycles. The van der Waals surface area contributed by atoms with E-state index < -0.39 is 5.97 Å². The molecule has 0 fully saturated rings. The minimum Gasteiger partial charge on any atom is -0.461 e. The van der Waals surface area contributed by atoms with Crippen LogP contribution in [0, 0.1) is 0 Å². The van der Waals surface area contributed by atoms with Gasteiger partial charge < -0.3 is 10.5 Å². The minimum atomic E-state index is -0.539. The number of hydrogen-bond donors (Lipinski definition) is 1. The summed E-state index contributed by atoms with van der Waals surface area (Å²) in [5.74, 6) is -0.445. The zero-order chi connectivity index (χ0) is 8.97. The van der Waals surface area contributed by atoms with Crippen LogP contribution in [0.25, 0.3) is 0 Å². The fraction of sp³-hybridized carbons (Fsp3) is 0.286. The molecule has 5 heteroatoms. The summed E-state index contributed by atoms with van der Waals surface area (Å²) >= 11 is 0. The highest BCUT2D eigenvalue weighted by molar-refractivity contribution is 5.91. The number of nitrogens with zero attached hydrogens (tertiary/aromatic N) is 2. The molecule has 0 amide bonds. The maximum atomic E-state index is 11.1. The smallest absolute Gasteiger partial charge is 0.360 e. The van der Waals surface area contributed by atoms with Gasteiger partial charge in [-0.15, -0.1) is 0 Å². The lowest BCUT2D eigenvalue weighted by Crippen LogP contribution is -2.11. The van der Waals surface area contributed by atoms with Gasteiger partial charge in [0.1, 0.15) is 0 Å². The van der Waals surface area contributed by atoms with E-state index in [1.165, 1.54) is 12.4 Å². The van der Waals surface area contributed by atoms with Crippen LogP contribution in [-0.2, 0) is 4.74 Å². The quantitative estimate of drug-likeness (QED) is 0.638. The molecule has 0 saturated heterocycles. The molecule has 2 N–H and O–H groups in total. The third kappa shape index (κ3) is 1.69. The highest BCUT2D eigenvalue weighted by Gasteiger charge is 2.11. The molecule has 1 heterocycles. The lowest BCUT2D eigenvalue weighted by Gasteiger charge is -2.01. The number of ether oxygens (including phenoxy) is 1. The molecule has 0 radical (unpaired) electrons. The first-order chi connectivity index (χ1) is 5.75. The van der Waals surface area contributed by atoms with Gasteiger partial charge in [-0.1, -0.05) is 0 Å². The Morgan fingerprint density at radius 2 is 2.25 bits per heavy atom. The molecular weight excluding hydrogens is 158 g/mol. The third-order valence-corrected chi connectivity index (χ3v) is 1.20. The number of carbonyl (C=O) groups excluding carboxylic acids is 1. The fourth-order valence-electron chi connectivity index (χ4n) is 0.706. The third-order valence-electron chi connectivity index (χ3n) is 1.20. The second-order valence-corrected chi connectivity index (χ2v) is 2.01. The van der Waals surface area contributed by atoms with Gasteiger partial charge in [0.2, 0.25) is 0 Å². The molecule has 1 rings (SSSR count). The van der Waals surface area contributed by atoms with Gasteiger partial charge >= 0.3 is 5.97 Å². The van der Waals surface area contributed by atoms with Crippen LogP contribution in [0.1, 0.15) is 17.4 Å². The first-order valence-corrected chi connectivity index (χ1v) is 3.49. The predicted octanol–water partition coefficient (Wildman–Crippen LogP) is 0.235. The molecule has 12 heavy (non-hydrogen) atoms. The van der Waals surface area contributed by atoms with Crippen LogP contribution < -0.4 is 5.73 Å². The first-order valence-electron chi connectivity index (χ1n) is 3.49. The van der Waals surface area contributed by atoms with Gasteiger partial charge in [-0.2, -0.15) is 0 Å². The fourth-order valence-corrected chi connectivity index (χ4v) is 0.706. The zero-order valence-corrected chi connectivity index (χ0v) is 6.65. The summed E-state index contributed by atoms with van der Waals surface area (Å²) in [7, 11) is 0. The number of hydrogen-bond acceptors (Lipinski definition) is 5. The van der Waals surface area contributed by atoms with Crippen LogP contribution in [0.2, 0.25) is 0 Å². The Balaban J connectivity index is 2.87. The molecule has 0 aromatic carbocycles. The molecule has 0 unspecified atom stereocenters. The van der Waals surface area contributed by atoms with E-state index in [2.05, 4.69) is 14.7 Å². The Labute approximate surface area is 69.6 Å². The van der Waals surface area contributed by atoms with Gasteiger partial charge in [-0.05, 0) is 6.92 Å². The van der Waals surface area contributed by atoms with Gasteiger partial charge in [-0.3, -0.25) is 0 Å². The van der Waals surface area contributed by atoms with E-state index in [9.17, 15) is 4.79 Å². The van der Waals surface area contributed by atoms with Crippen LogP contribution >= 0.6 is 0 Å². The number of aromatic nitrogens is 2. The molecule has 0 saturated carbocycles. The summed E-state index contributed by atoms with van der Waals surface area (Å²) in [6.07, 6.45) is 2.81. The normalized spacial score (nSPS) is 9.42. The maximum absolute atomic E-state index is 11.1. The summed E-state index contributed by atoms with van der Waals surface area (Å²) < 4.78 is 4.69. The second kappa shape index (κ2) is 3.66. The van der Waals surface area contributed by atoms with Gasteiger partial charge in [0.05, 0.1) is 6.61 Å². The Hall–Kier alpha value is -1.65. The molecule has 0 bridgehead atoms. The van der Waals surface area contributed by atoms with Crippen molar-refractivity contribution in [1.82, 2.24) is 9.97 Å². The molecule has 1 aromatic rings. The van der Waals surface area contributed by atoms with Crippen LogP contribution in [0.3, 0.4) is 0 Å². The van der Waals surface area contributed by atoms with Crippen LogP contribution in [0.4, 0.5) is 5.82 Å². The number of rotatable bonds is 2. The van der Waals surface area contributed by atoms with Gasteiger partial charge in [0.25, 0.3) is 0 Å². The zero-order valence-electron chi connectivity index (χ0n) is 6.65. The van der Waals surface area contributed by atoms with Crippen molar-refractivity contribution >= 4 is 11.8 Å². The van der Waals surface area contributed by atoms with Crippen molar-refractivity contribution in [2.45, 2.75) is 6.92 Å². The highest BCUT2D eigenvalue weighted by Crippen LogP contribution is 2.03. The van der Waals surface area contributed by atoms with E-state index in [1.807, 2.05) is 0 Å². The average molecular weight is 167 g/mol. The monoisotopic (exact) mass is 167 g/mol. The Morgan fingerprint density at radius 3 is 2.83 bits per heavy atom. The SMILES string of the molecule is CCOC(=O)c1nccnc1N. The van der Waals surface area contributed by atoms with E-state index in [0.29, 0.717) is 6.61 Å².